The average molecular weight is 188 g/mol. The molecule has 3 nitrogen and oxygen atoms in total. The molecule has 0 aliphatic rings. The minimum absolute atomic E-state index is 0.123. The largest absolute Gasteiger partial charge is 0.330 e. The Hall–Kier alpha value is -1.77. The summed E-state index contributed by atoms with van der Waals surface area (Å²) in [4.78, 5) is 14.4. The third kappa shape index (κ3) is 1.09. The van der Waals surface area contributed by atoms with Crippen LogP contribution in [0.25, 0.3) is 16.7 Å². The zero-order valence-electron chi connectivity index (χ0n) is 8.29. The fraction of sp³-hybridized carbons (Fsp3) is 0.182. The standard InChI is InChI=1S/C11H12N2O/c1-7(2)13-9-6-4-5-8(3)10(9)12-11(13)14/h4-6H,1H2,2-3H3,(H,12,14). The van der Waals surface area contributed by atoms with Crippen LogP contribution in [0, 0.1) is 6.92 Å². The van der Waals surface area contributed by atoms with E-state index in [2.05, 4.69) is 11.6 Å². The molecule has 1 heterocycles. The number of hydrogen-bond acceptors (Lipinski definition) is 1. The number of benzene rings is 1. The van der Waals surface area contributed by atoms with E-state index in [-0.39, 0.29) is 5.69 Å². The van der Waals surface area contributed by atoms with Crippen LogP contribution in [0.5, 0.6) is 0 Å². The first kappa shape index (κ1) is 8.81. The van der Waals surface area contributed by atoms with Gasteiger partial charge in [0.15, 0.2) is 0 Å². The van der Waals surface area contributed by atoms with Gasteiger partial charge in [-0.3, -0.25) is 4.57 Å². The van der Waals surface area contributed by atoms with Crippen LogP contribution in [-0.2, 0) is 0 Å². The van der Waals surface area contributed by atoms with Gasteiger partial charge in [0.1, 0.15) is 0 Å². The van der Waals surface area contributed by atoms with E-state index in [9.17, 15) is 4.79 Å². The Bertz CT molecular complexity index is 560. The fourth-order valence-corrected chi connectivity index (χ4v) is 1.65. The first-order valence-electron chi connectivity index (χ1n) is 4.47. The molecule has 14 heavy (non-hydrogen) atoms. The van der Waals surface area contributed by atoms with Gasteiger partial charge in [-0.05, 0) is 25.5 Å². The lowest BCUT2D eigenvalue weighted by atomic mass is 10.2. The Morgan fingerprint density at radius 2 is 2.21 bits per heavy atom. The van der Waals surface area contributed by atoms with Gasteiger partial charge in [-0.2, -0.15) is 0 Å². The molecule has 0 aliphatic carbocycles. The van der Waals surface area contributed by atoms with Crippen LogP contribution in [0.1, 0.15) is 12.5 Å². The number of nitrogens with zero attached hydrogens (tertiary/aromatic N) is 1. The van der Waals surface area contributed by atoms with Gasteiger partial charge >= 0.3 is 5.69 Å². The quantitative estimate of drug-likeness (QED) is 0.731. The fourth-order valence-electron chi connectivity index (χ4n) is 1.65. The van der Waals surface area contributed by atoms with Crippen LogP contribution in [0.4, 0.5) is 0 Å². The van der Waals surface area contributed by atoms with Crippen LogP contribution in [0.2, 0.25) is 0 Å². The highest BCUT2D eigenvalue weighted by Crippen LogP contribution is 2.16. The molecule has 0 unspecified atom stereocenters. The molecule has 3 heteroatoms. The molecule has 1 aromatic heterocycles. The zero-order valence-corrected chi connectivity index (χ0v) is 8.29. The summed E-state index contributed by atoms with van der Waals surface area (Å²) in [5.41, 5.74) is 3.45. The van der Waals surface area contributed by atoms with Crippen molar-refractivity contribution in [2.24, 2.45) is 0 Å². The number of H-pyrrole nitrogens is 1. The Morgan fingerprint density at radius 1 is 1.50 bits per heavy atom. The second-order valence-electron chi connectivity index (χ2n) is 3.47. The molecule has 1 N–H and O–H groups in total. The number of fused-ring (bicyclic) bond motifs is 1. The molecule has 0 spiro atoms. The number of allylic oxidation sites excluding steroid dienone is 1. The smallest absolute Gasteiger partial charge is 0.305 e. The molecule has 1 aromatic carbocycles. The van der Waals surface area contributed by atoms with Crippen molar-refractivity contribution < 1.29 is 0 Å². The molecule has 0 saturated heterocycles. The number of aromatic nitrogens is 2. The van der Waals surface area contributed by atoms with E-state index in [4.69, 9.17) is 0 Å². The number of aromatic amines is 1. The van der Waals surface area contributed by atoms with Crippen molar-refractivity contribution in [3.8, 4) is 0 Å². The van der Waals surface area contributed by atoms with E-state index < -0.39 is 0 Å². The zero-order chi connectivity index (χ0) is 10.3. The molecule has 2 aromatic rings. The van der Waals surface area contributed by atoms with Crippen LogP contribution < -0.4 is 5.69 Å². The molecule has 0 radical (unpaired) electrons. The monoisotopic (exact) mass is 188 g/mol. The van der Waals surface area contributed by atoms with Crippen LogP contribution >= 0.6 is 0 Å². The van der Waals surface area contributed by atoms with Gasteiger partial charge in [-0.15, -0.1) is 0 Å². The highest BCUT2D eigenvalue weighted by molar-refractivity contribution is 5.81. The molecule has 0 bridgehead atoms. The molecule has 0 saturated carbocycles. The minimum atomic E-state index is -0.123. The molecule has 0 amide bonds. The molecule has 0 atom stereocenters. The molecular formula is C11H12N2O. The van der Waals surface area contributed by atoms with Gasteiger partial charge < -0.3 is 4.98 Å². The molecule has 0 fully saturated rings. The summed E-state index contributed by atoms with van der Waals surface area (Å²) < 4.78 is 1.59. The normalized spacial score (nSPS) is 10.7. The maximum Gasteiger partial charge on any atom is 0.330 e. The van der Waals surface area contributed by atoms with Crippen LogP contribution in [0.3, 0.4) is 0 Å². The van der Waals surface area contributed by atoms with Crippen molar-refractivity contribution in [1.29, 1.82) is 0 Å². The SMILES string of the molecule is C=C(C)n1c(=O)[nH]c2c(C)cccc21. The highest BCUT2D eigenvalue weighted by atomic mass is 16.1. The lowest BCUT2D eigenvalue weighted by Gasteiger charge is -2.00. The van der Waals surface area contributed by atoms with Crippen molar-refractivity contribution in [2.45, 2.75) is 13.8 Å². The predicted molar refractivity (Wildman–Crippen MR) is 58.3 cm³/mol. The van der Waals surface area contributed by atoms with Gasteiger partial charge in [-0.1, -0.05) is 18.7 Å². The van der Waals surface area contributed by atoms with Crippen molar-refractivity contribution in [1.82, 2.24) is 9.55 Å². The Labute approximate surface area is 81.7 Å². The number of nitrogens with one attached hydrogen (secondary N) is 1. The number of para-hydroxylation sites is 1. The summed E-state index contributed by atoms with van der Waals surface area (Å²) in [5, 5.41) is 0. The maximum absolute atomic E-state index is 11.6. The summed E-state index contributed by atoms with van der Waals surface area (Å²) in [6, 6.07) is 5.82. The number of rotatable bonds is 1. The third-order valence-electron chi connectivity index (χ3n) is 2.31. The Kier molecular flexibility index (Phi) is 1.81. The number of aryl methyl sites for hydroxylation is 1. The van der Waals surface area contributed by atoms with E-state index in [1.54, 1.807) is 4.57 Å². The molecular weight excluding hydrogens is 176 g/mol. The second kappa shape index (κ2) is 2.87. The minimum Gasteiger partial charge on any atom is -0.305 e. The molecule has 0 aliphatic heterocycles. The second-order valence-corrected chi connectivity index (χ2v) is 3.47. The van der Waals surface area contributed by atoms with Gasteiger partial charge in [0.2, 0.25) is 0 Å². The Balaban J connectivity index is 2.98. The lowest BCUT2D eigenvalue weighted by Crippen LogP contribution is -2.13. The van der Waals surface area contributed by atoms with E-state index in [1.165, 1.54) is 0 Å². The summed E-state index contributed by atoms with van der Waals surface area (Å²) in [6.07, 6.45) is 0. The number of imidazole rings is 1. The topological polar surface area (TPSA) is 37.8 Å². The van der Waals surface area contributed by atoms with Gasteiger partial charge in [0, 0.05) is 5.70 Å². The van der Waals surface area contributed by atoms with Crippen LogP contribution in [0.15, 0.2) is 29.6 Å². The van der Waals surface area contributed by atoms with Gasteiger partial charge in [0.05, 0.1) is 11.0 Å². The van der Waals surface area contributed by atoms with Crippen molar-refractivity contribution in [3.63, 3.8) is 0 Å². The van der Waals surface area contributed by atoms with E-state index >= 15 is 0 Å². The summed E-state index contributed by atoms with van der Waals surface area (Å²) >= 11 is 0. The summed E-state index contributed by atoms with van der Waals surface area (Å²) in [6.45, 7) is 7.57. The van der Waals surface area contributed by atoms with Crippen molar-refractivity contribution in [2.75, 3.05) is 0 Å². The van der Waals surface area contributed by atoms with Gasteiger partial charge in [0.25, 0.3) is 0 Å². The summed E-state index contributed by atoms with van der Waals surface area (Å²) in [5.74, 6) is 0. The third-order valence-corrected chi connectivity index (χ3v) is 2.31. The first-order chi connectivity index (χ1) is 6.61. The lowest BCUT2D eigenvalue weighted by molar-refractivity contribution is 1.04. The predicted octanol–water partition coefficient (Wildman–Crippen LogP) is 2.13. The molecule has 72 valence electrons. The highest BCUT2D eigenvalue weighted by Gasteiger charge is 2.07. The molecule has 2 rings (SSSR count). The maximum atomic E-state index is 11.6. The van der Waals surface area contributed by atoms with E-state index in [0.29, 0.717) is 0 Å². The van der Waals surface area contributed by atoms with E-state index in [1.807, 2.05) is 32.0 Å². The summed E-state index contributed by atoms with van der Waals surface area (Å²) in [7, 11) is 0. The van der Waals surface area contributed by atoms with Crippen molar-refractivity contribution in [3.05, 3.63) is 40.8 Å². The first-order valence-corrected chi connectivity index (χ1v) is 4.47. The average Bonchev–Trinajstić information content (AvgIpc) is 2.42. The van der Waals surface area contributed by atoms with Crippen molar-refractivity contribution >= 4 is 16.7 Å². The number of hydrogen-bond donors (Lipinski definition) is 1. The van der Waals surface area contributed by atoms with Gasteiger partial charge in [-0.25, -0.2) is 4.79 Å². The van der Waals surface area contributed by atoms with Crippen LogP contribution in [-0.4, -0.2) is 9.55 Å². The Morgan fingerprint density at radius 3 is 2.86 bits per heavy atom. The van der Waals surface area contributed by atoms with E-state index in [0.717, 1.165) is 22.3 Å².